The molecule has 1 aromatic rings. The quantitative estimate of drug-likeness (QED) is 0.844. The number of nitrogens with zero attached hydrogens (tertiary/aromatic N) is 2. The molecule has 0 radical (unpaired) electrons. The lowest BCUT2D eigenvalue weighted by atomic mass is 9.83. The van der Waals surface area contributed by atoms with E-state index in [9.17, 15) is 5.11 Å². The summed E-state index contributed by atoms with van der Waals surface area (Å²) in [6.45, 7) is 5.09. The van der Waals surface area contributed by atoms with Crippen LogP contribution in [0.2, 0.25) is 0 Å². The predicted molar refractivity (Wildman–Crippen MR) is 68.3 cm³/mol. The summed E-state index contributed by atoms with van der Waals surface area (Å²) >= 11 is 3.38. The predicted octanol–water partition coefficient (Wildman–Crippen LogP) is 2.45. The Kier molecular flexibility index (Phi) is 5.15. The van der Waals surface area contributed by atoms with Gasteiger partial charge >= 0.3 is 0 Å². The fourth-order valence-electron chi connectivity index (χ4n) is 1.49. The molecule has 0 unspecified atom stereocenters. The fourth-order valence-corrected chi connectivity index (χ4v) is 1.85. The minimum absolute atomic E-state index is 0.0651. The Hall–Kier alpha value is -0.680. The van der Waals surface area contributed by atoms with E-state index in [-0.39, 0.29) is 12.0 Å². The molecular formula is C11H18BrN3O. The number of rotatable bonds is 6. The van der Waals surface area contributed by atoms with E-state index < -0.39 is 0 Å². The Balaban J connectivity index is 2.66. The molecule has 0 aromatic carbocycles. The first-order valence-electron chi connectivity index (χ1n) is 5.47. The van der Waals surface area contributed by atoms with Crippen LogP contribution in [0.5, 0.6) is 0 Å². The lowest BCUT2D eigenvalue weighted by Crippen LogP contribution is -2.32. The number of aliphatic hydroxyl groups is 1. The highest BCUT2D eigenvalue weighted by molar-refractivity contribution is 9.10. The molecule has 0 aliphatic carbocycles. The summed E-state index contributed by atoms with van der Waals surface area (Å²) < 4.78 is 0.842. The molecule has 90 valence electrons. The lowest BCUT2D eigenvalue weighted by molar-refractivity contribution is 0.127. The standard InChI is InChI=1S/C11H18BrN3O/c1-3-11(4-2,7-16)6-14-10-9(12)5-13-8-15-10/h5,8,16H,3-4,6-7H2,1-2H3,(H,13,14,15). The van der Waals surface area contributed by atoms with E-state index in [1.165, 1.54) is 6.33 Å². The molecule has 0 bridgehead atoms. The fraction of sp³-hybridized carbons (Fsp3) is 0.636. The second-order valence-electron chi connectivity index (χ2n) is 3.94. The highest BCUT2D eigenvalue weighted by atomic mass is 79.9. The summed E-state index contributed by atoms with van der Waals surface area (Å²) in [4.78, 5) is 8.04. The molecule has 2 N–H and O–H groups in total. The van der Waals surface area contributed by atoms with Crippen molar-refractivity contribution in [3.05, 3.63) is 17.0 Å². The van der Waals surface area contributed by atoms with E-state index in [0.29, 0.717) is 6.54 Å². The van der Waals surface area contributed by atoms with Crippen LogP contribution in [0, 0.1) is 5.41 Å². The molecule has 0 saturated carbocycles. The largest absolute Gasteiger partial charge is 0.396 e. The third-order valence-corrected chi connectivity index (χ3v) is 3.71. The number of anilines is 1. The molecule has 1 heterocycles. The average molecular weight is 288 g/mol. The zero-order valence-electron chi connectivity index (χ0n) is 9.70. The Morgan fingerprint density at radius 1 is 1.44 bits per heavy atom. The summed E-state index contributed by atoms with van der Waals surface area (Å²) in [6.07, 6.45) is 5.09. The van der Waals surface area contributed by atoms with Crippen LogP contribution in [0.15, 0.2) is 17.0 Å². The minimum atomic E-state index is -0.0651. The van der Waals surface area contributed by atoms with Crippen LogP contribution in [0.3, 0.4) is 0 Å². The summed E-state index contributed by atoms with van der Waals surface area (Å²) in [5.74, 6) is 0.773. The van der Waals surface area contributed by atoms with Crippen molar-refractivity contribution in [3.63, 3.8) is 0 Å². The molecule has 1 aromatic heterocycles. The number of hydrogen-bond acceptors (Lipinski definition) is 4. The van der Waals surface area contributed by atoms with Gasteiger partial charge in [0.25, 0.3) is 0 Å². The van der Waals surface area contributed by atoms with Gasteiger partial charge in [0.1, 0.15) is 12.1 Å². The third-order valence-electron chi connectivity index (χ3n) is 3.13. The Labute approximate surface area is 105 Å². The highest BCUT2D eigenvalue weighted by Gasteiger charge is 2.25. The molecule has 0 saturated heterocycles. The Morgan fingerprint density at radius 3 is 2.62 bits per heavy atom. The van der Waals surface area contributed by atoms with Gasteiger partial charge in [-0.2, -0.15) is 0 Å². The van der Waals surface area contributed by atoms with Gasteiger partial charge in [-0.1, -0.05) is 13.8 Å². The van der Waals surface area contributed by atoms with Crippen LogP contribution in [0.1, 0.15) is 26.7 Å². The van der Waals surface area contributed by atoms with Crippen LogP contribution >= 0.6 is 15.9 Å². The summed E-state index contributed by atoms with van der Waals surface area (Å²) in [7, 11) is 0. The van der Waals surface area contributed by atoms with E-state index in [4.69, 9.17) is 0 Å². The molecule has 0 fully saturated rings. The van der Waals surface area contributed by atoms with Crippen molar-refractivity contribution < 1.29 is 5.11 Å². The van der Waals surface area contributed by atoms with Crippen molar-refractivity contribution in [1.29, 1.82) is 0 Å². The van der Waals surface area contributed by atoms with Crippen LogP contribution in [-0.4, -0.2) is 28.2 Å². The van der Waals surface area contributed by atoms with Crippen molar-refractivity contribution in [2.45, 2.75) is 26.7 Å². The van der Waals surface area contributed by atoms with Gasteiger partial charge in [-0.3, -0.25) is 0 Å². The lowest BCUT2D eigenvalue weighted by Gasteiger charge is -2.29. The number of halogens is 1. The van der Waals surface area contributed by atoms with E-state index in [1.54, 1.807) is 6.20 Å². The van der Waals surface area contributed by atoms with E-state index in [0.717, 1.165) is 23.1 Å². The van der Waals surface area contributed by atoms with E-state index >= 15 is 0 Å². The second-order valence-corrected chi connectivity index (χ2v) is 4.79. The highest BCUT2D eigenvalue weighted by Crippen LogP contribution is 2.27. The normalized spacial score (nSPS) is 11.5. The zero-order chi connectivity index (χ0) is 12.0. The third kappa shape index (κ3) is 3.15. The SMILES string of the molecule is CCC(CC)(CO)CNc1ncncc1Br. The van der Waals surface area contributed by atoms with Crippen molar-refractivity contribution in [2.24, 2.45) is 5.41 Å². The van der Waals surface area contributed by atoms with Crippen LogP contribution in [0.4, 0.5) is 5.82 Å². The summed E-state index contributed by atoms with van der Waals surface area (Å²) in [6, 6.07) is 0. The summed E-state index contributed by atoms with van der Waals surface area (Å²) in [5, 5.41) is 12.7. The Bertz CT molecular complexity index is 320. The van der Waals surface area contributed by atoms with Gasteiger partial charge in [-0.05, 0) is 28.8 Å². The van der Waals surface area contributed by atoms with Gasteiger partial charge < -0.3 is 10.4 Å². The van der Waals surface area contributed by atoms with Crippen LogP contribution < -0.4 is 5.32 Å². The number of hydrogen-bond donors (Lipinski definition) is 2. The van der Waals surface area contributed by atoms with Crippen LogP contribution in [-0.2, 0) is 0 Å². The first kappa shape index (κ1) is 13.4. The molecule has 0 atom stereocenters. The maximum absolute atomic E-state index is 9.44. The van der Waals surface area contributed by atoms with E-state index in [2.05, 4.69) is 45.1 Å². The van der Waals surface area contributed by atoms with Gasteiger partial charge in [-0.25, -0.2) is 9.97 Å². The van der Waals surface area contributed by atoms with Gasteiger partial charge in [0, 0.05) is 18.2 Å². The first-order valence-corrected chi connectivity index (χ1v) is 6.27. The molecule has 4 nitrogen and oxygen atoms in total. The smallest absolute Gasteiger partial charge is 0.143 e. The number of aliphatic hydroxyl groups excluding tert-OH is 1. The van der Waals surface area contributed by atoms with Gasteiger partial charge in [0.15, 0.2) is 0 Å². The molecule has 1 rings (SSSR count). The number of aromatic nitrogens is 2. The van der Waals surface area contributed by atoms with Crippen molar-refractivity contribution in [3.8, 4) is 0 Å². The maximum Gasteiger partial charge on any atom is 0.143 e. The first-order chi connectivity index (χ1) is 7.67. The van der Waals surface area contributed by atoms with Crippen molar-refractivity contribution in [2.75, 3.05) is 18.5 Å². The van der Waals surface area contributed by atoms with Crippen LogP contribution in [0.25, 0.3) is 0 Å². The molecular weight excluding hydrogens is 270 g/mol. The maximum atomic E-state index is 9.44. The molecule has 5 heteroatoms. The monoisotopic (exact) mass is 287 g/mol. The van der Waals surface area contributed by atoms with E-state index in [1.807, 2.05) is 0 Å². The molecule has 0 amide bonds. The molecule has 0 aliphatic rings. The molecule has 0 aliphatic heterocycles. The molecule has 16 heavy (non-hydrogen) atoms. The molecule has 0 spiro atoms. The van der Waals surface area contributed by atoms with Gasteiger partial charge in [0.05, 0.1) is 11.1 Å². The second kappa shape index (κ2) is 6.15. The van der Waals surface area contributed by atoms with Gasteiger partial charge in [-0.15, -0.1) is 0 Å². The average Bonchev–Trinajstić information content (AvgIpc) is 2.34. The van der Waals surface area contributed by atoms with Crippen molar-refractivity contribution in [1.82, 2.24) is 9.97 Å². The topological polar surface area (TPSA) is 58.0 Å². The summed E-state index contributed by atoms with van der Waals surface area (Å²) in [5.41, 5.74) is -0.0651. The van der Waals surface area contributed by atoms with Crippen molar-refractivity contribution >= 4 is 21.7 Å². The minimum Gasteiger partial charge on any atom is -0.396 e. The number of nitrogens with one attached hydrogen (secondary N) is 1. The van der Waals surface area contributed by atoms with Gasteiger partial charge in [0.2, 0.25) is 0 Å². The zero-order valence-corrected chi connectivity index (χ0v) is 11.3. The Morgan fingerprint density at radius 2 is 2.12 bits per heavy atom.